The van der Waals surface area contributed by atoms with Crippen LogP contribution in [0.4, 0.5) is 0 Å². The molecule has 1 aromatic heterocycles. The molecule has 0 unspecified atom stereocenters. The zero-order valence-electron chi connectivity index (χ0n) is 17.2. The number of rotatable bonds is 7. The summed E-state index contributed by atoms with van der Waals surface area (Å²) in [5, 5.41) is 28.0. The SMILES string of the molecule is O=C(NCc1ccn(Cc2ccccc2Cl)n1)[C@H](O)[C@@H](O)C(=O)N1Cc2ccccc2C1. The number of aliphatic hydroxyl groups is 2. The molecule has 0 spiro atoms. The lowest BCUT2D eigenvalue weighted by Gasteiger charge is -2.22. The number of aliphatic hydroxyl groups excluding tert-OH is 2. The van der Waals surface area contributed by atoms with Crippen molar-refractivity contribution in [3.05, 3.63) is 88.2 Å². The molecule has 2 heterocycles. The fraction of sp³-hybridized carbons (Fsp3) is 0.261. The van der Waals surface area contributed by atoms with Crippen LogP contribution >= 0.6 is 11.6 Å². The molecule has 3 aromatic rings. The first-order valence-electron chi connectivity index (χ1n) is 10.2. The molecule has 0 saturated carbocycles. The van der Waals surface area contributed by atoms with Crippen molar-refractivity contribution in [1.29, 1.82) is 0 Å². The molecule has 166 valence electrons. The van der Waals surface area contributed by atoms with Gasteiger partial charge in [0, 0.05) is 24.3 Å². The van der Waals surface area contributed by atoms with E-state index in [-0.39, 0.29) is 6.54 Å². The monoisotopic (exact) mass is 454 g/mol. The van der Waals surface area contributed by atoms with Crippen LogP contribution in [0.25, 0.3) is 0 Å². The second-order valence-corrected chi connectivity index (χ2v) is 8.07. The Kier molecular flexibility index (Phi) is 6.55. The highest BCUT2D eigenvalue weighted by atomic mass is 35.5. The second-order valence-electron chi connectivity index (χ2n) is 7.67. The molecule has 0 radical (unpaired) electrons. The predicted molar refractivity (Wildman–Crippen MR) is 117 cm³/mol. The first-order chi connectivity index (χ1) is 15.4. The molecule has 1 aliphatic rings. The average molecular weight is 455 g/mol. The first kappa shape index (κ1) is 22.0. The van der Waals surface area contributed by atoms with E-state index in [1.54, 1.807) is 23.0 Å². The number of carbonyl (C=O) groups excluding carboxylic acids is 2. The number of amides is 2. The van der Waals surface area contributed by atoms with Crippen molar-refractivity contribution >= 4 is 23.4 Å². The van der Waals surface area contributed by atoms with Crippen molar-refractivity contribution in [3.63, 3.8) is 0 Å². The summed E-state index contributed by atoms with van der Waals surface area (Å²) in [5.41, 5.74) is 3.45. The predicted octanol–water partition coefficient (Wildman–Crippen LogP) is 1.47. The molecular weight excluding hydrogens is 432 g/mol. The van der Waals surface area contributed by atoms with E-state index in [9.17, 15) is 19.8 Å². The van der Waals surface area contributed by atoms with Gasteiger partial charge in [-0.25, -0.2) is 0 Å². The number of fused-ring (bicyclic) bond motifs is 1. The molecule has 8 nitrogen and oxygen atoms in total. The third kappa shape index (κ3) is 4.83. The second kappa shape index (κ2) is 9.52. The standard InChI is InChI=1S/C23H23ClN4O4/c24-19-8-4-3-7-17(19)14-28-10-9-18(26-28)11-25-22(31)20(29)21(30)23(32)27-12-15-5-1-2-6-16(15)13-27/h1-10,20-21,29-30H,11-14H2,(H,25,31)/t20-,21-/m1/s1. The Morgan fingerprint density at radius 3 is 2.34 bits per heavy atom. The van der Waals surface area contributed by atoms with Crippen LogP contribution in [0.3, 0.4) is 0 Å². The summed E-state index contributed by atoms with van der Waals surface area (Å²) >= 11 is 6.17. The van der Waals surface area contributed by atoms with Crippen molar-refractivity contribution in [3.8, 4) is 0 Å². The summed E-state index contributed by atoms with van der Waals surface area (Å²) in [4.78, 5) is 26.3. The summed E-state index contributed by atoms with van der Waals surface area (Å²) in [6.45, 7) is 1.19. The van der Waals surface area contributed by atoms with E-state index in [0.29, 0.717) is 30.4 Å². The molecule has 2 amide bonds. The van der Waals surface area contributed by atoms with E-state index in [1.807, 2.05) is 42.5 Å². The Morgan fingerprint density at radius 1 is 1.00 bits per heavy atom. The largest absolute Gasteiger partial charge is 0.380 e. The molecule has 3 N–H and O–H groups in total. The summed E-state index contributed by atoms with van der Waals surface area (Å²) in [5.74, 6) is -1.53. The number of benzene rings is 2. The lowest BCUT2D eigenvalue weighted by Crippen LogP contribution is -2.49. The van der Waals surface area contributed by atoms with Gasteiger partial charge in [-0.15, -0.1) is 0 Å². The van der Waals surface area contributed by atoms with Gasteiger partial charge < -0.3 is 20.4 Å². The van der Waals surface area contributed by atoms with Crippen LogP contribution in [0, 0.1) is 0 Å². The van der Waals surface area contributed by atoms with Gasteiger partial charge in [-0.2, -0.15) is 5.10 Å². The molecule has 9 heteroatoms. The minimum Gasteiger partial charge on any atom is -0.380 e. The molecule has 1 aliphatic heterocycles. The van der Waals surface area contributed by atoms with E-state index in [0.717, 1.165) is 16.7 Å². The van der Waals surface area contributed by atoms with Gasteiger partial charge in [0.05, 0.1) is 18.8 Å². The van der Waals surface area contributed by atoms with Crippen LogP contribution in [0.15, 0.2) is 60.8 Å². The minimum absolute atomic E-state index is 0.0431. The van der Waals surface area contributed by atoms with Crippen molar-refractivity contribution in [1.82, 2.24) is 20.0 Å². The molecule has 0 fully saturated rings. The van der Waals surface area contributed by atoms with Gasteiger partial charge in [-0.1, -0.05) is 54.1 Å². The molecule has 4 rings (SSSR count). The first-order valence-corrected chi connectivity index (χ1v) is 10.6. The molecular formula is C23H23ClN4O4. The Morgan fingerprint density at radius 2 is 1.66 bits per heavy atom. The highest BCUT2D eigenvalue weighted by Crippen LogP contribution is 2.23. The van der Waals surface area contributed by atoms with Crippen molar-refractivity contribution in [2.24, 2.45) is 0 Å². The summed E-state index contributed by atoms with van der Waals surface area (Å²) in [6.07, 6.45) is -1.97. The van der Waals surface area contributed by atoms with E-state index < -0.39 is 24.0 Å². The average Bonchev–Trinajstić information content (AvgIpc) is 3.44. The maximum atomic E-state index is 12.5. The zero-order chi connectivity index (χ0) is 22.7. The van der Waals surface area contributed by atoms with Crippen molar-refractivity contribution in [2.45, 2.75) is 38.4 Å². The maximum absolute atomic E-state index is 12.5. The third-order valence-corrected chi connectivity index (χ3v) is 5.77. The van der Waals surface area contributed by atoms with E-state index >= 15 is 0 Å². The normalized spacial score (nSPS) is 14.7. The third-order valence-electron chi connectivity index (χ3n) is 5.40. The van der Waals surface area contributed by atoms with Gasteiger partial charge in [0.25, 0.3) is 11.8 Å². The molecule has 2 aromatic carbocycles. The van der Waals surface area contributed by atoms with Crippen LogP contribution < -0.4 is 5.32 Å². The smallest absolute Gasteiger partial charge is 0.255 e. The summed E-state index contributed by atoms with van der Waals surface area (Å²) < 4.78 is 1.68. The minimum atomic E-state index is -1.88. The van der Waals surface area contributed by atoms with Crippen molar-refractivity contribution in [2.75, 3.05) is 0 Å². The number of carbonyl (C=O) groups is 2. The van der Waals surface area contributed by atoms with Gasteiger partial charge in [-0.3, -0.25) is 14.3 Å². The fourth-order valence-corrected chi connectivity index (χ4v) is 3.82. The van der Waals surface area contributed by atoms with Gasteiger partial charge in [-0.05, 0) is 28.8 Å². The van der Waals surface area contributed by atoms with Crippen LogP contribution in [0.2, 0.25) is 5.02 Å². The highest BCUT2D eigenvalue weighted by Gasteiger charge is 2.35. The Hall–Kier alpha value is -3.20. The number of nitrogens with one attached hydrogen (secondary N) is 1. The number of hydrogen-bond donors (Lipinski definition) is 3. The number of aromatic nitrogens is 2. The Balaban J connectivity index is 1.29. The van der Waals surface area contributed by atoms with Gasteiger partial charge in [0.1, 0.15) is 0 Å². The Labute approximate surface area is 190 Å². The van der Waals surface area contributed by atoms with E-state index in [4.69, 9.17) is 11.6 Å². The highest BCUT2D eigenvalue weighted by molar-refractivity contribution is 6.31. The lowest BCUT2D eigenvalue weighted by molar-refractivity contribution is -0.153. The summed E-state index contributed by atoms with van der Waals surface area (Å²) in [7, 11) is 0. The van der Waals surface area contributed by atoms with Crippen LogP contribution in [-0.4, -0.2) is 48.9 Å². The lowest BCUT2D eigenvalue weighted by atomic mass is 10.1. The molecule has 0 saturated heterocycles. The van der Waals surface area contributed by atoms with Crippen LogP contribution in [-0.2, 0) is 35.8 Å². The quantitative estimate of drug-likeness (QED) is 0.501. The number of nitrogens with zero attached hydrogens (tertiary/aromatic N) is 3. The summed E-state index contributed by atoms with van der Waals surface area (Å²) in [6, 6.07) is 16.7. The van der Waals surface area contributed by atoms with E-state index in [2.05, 4.69) is 10.4 Å². The topological polar surface area (TPSA) is 108 Å². The van der Waals surface area contributed by atoms with Crippen LogP contribution in [0.1, 0.15) is 22.4 Å². The van der Waals surface area contributed by atoms with Crippen LogP contribution in [0.5, 0.6) is 0 Å². The number of halogens is 1. The fourth-order valence-electron chi connectivity index (χ4n) is 3.62. The number of hydrogen-bond acceptors (Lipinski definition) is 5. The molecule has 0 bridgehead atoms. The zero-order valence-corrected chi connectivity index (χ0v) is 17.9. The molecule has 0 aliphatic carbocycles. The van der Waals surface area contributed by atoms with Gasteiger partial charge >= 0.3 is 0 Å². The molecule has 32 heavy (non-hydrogen) atoms. The maximum Gasteiger partial charge on any atom is 0.255 e. The molecule has 2 atom stereocenters. The van der Waals surface area contributed by atoms with Gasteiger partial charge in [0.15, 0.2) is 12.2 Å². The van der Waals surface area contributed by atoms with Gasteiger partial charge in [0.2, 0.25) is 0 Å². The van der Waals surface area contributed by atoms with Crippen molar-refractivity contribution < 1.29 is 19.8 Å². The van der Waals surface area contributed by atoms with E-state index in [1.165, 1.54) is 4.90 Å². The Bertz CT molecular complexity index is 1110.